The summed E-state index contributed by atoms with van der Waals surface area (Å²) in [5, 5.41) is 5.59. The normalized spacial score (nSPS) is 13.6. The molecule has 5 heteroatoms. The van der Waals surface area contributed by atoms with Crippen LogP contribution >= 0.6 is 0 Å². The van der Waals surface area contributed by atoms with Crippen molar-refractivity contribution >= 4 is 22.6 Å². The summed E-state index contributed by atoms with van der Waals surface area (Å²) in [6, 6.07) is 8.48. The lowest BCUT2D eigenvalue weighted by molar-refractivity contribution is -0.118. The van der Waals surface area contributed by atoms with Gasteiger partial charge in [0.2, 0.25) is 5.91 Å². The van der Waals surface area contributed by atoms with E-state index in [1.54, 1.807) is 0 Å². The molecule has 27 heavy (non-hydrogen) atoms. The van der Waals surface area contributed by atoms with Crippen molar-refractivity contribution in [3.05, 3.63) is 52.8 Å². The topological polar surface area (TPSA) is 51.0 Å². The molecule has 1 aliphatic rings. The molecule has 0 aliphatic carbocycles. The second-order valence-corrected chi connectivity index (χ2v) is 7.65. The monoisotopic (exact) mass is 362 g/mol. The van der Waals surface area contributed by atoms with Crippen LogP contribution in [0.25, 0.3) is 11.0 Å². The van der Waals surface area contributed by atoms with Crippen molar-refractivity contribution in [2.24, 2.45) is 0 Å². The standard InChI is InChI=1S/C22H26N4O/c1-14(2)26-22-19(13-23-26)15(3)18(16(4)24-22)9-10-21(27)25-12-11-17-7-5-6-8-20(17)25/h5-8,13-14H,9-12H2,1-4H3. The van der Waals surface area contributed by atoms with Gasteiger partial charge in [-0.05, 0) is 63.3 Å². The molecule has 1 aromatic carbocycles. The molecule has 5 nitrogen and oxygen atoms in total. The number of hydrogen-bond donors (Lipinski definition) is 0. The molecule has 0 unspecified atom stereocenters. The Morgan fingerprint density at radius 1 is 1.22 bits per heavy atom. The van der Waals surface area contributed by atoms with Crippen molar-refractivity contribution in [1.29, 1.82) is 0 Å². The molecule has 1 aliphatic heterocycles. The van der Waals surface area contributed by atoms with Crippen LogP contribution in [0.3, 0.4) is 0 Å². The molecule has 0 saturated carbocycles. The summed E-state index contributed by atoms with van der Waals surface area (Å²) in [4.78, 5) is 19.6. The number of hydrogen-bond acceptors (Lipinski definition) is 3. The zero-order valence-electron chi connectivity index (χ0n) is 16.5. The van der Waals surface area contributed by atoms with Gasteiger partial charge in [0.25, 0.3) is 0 Å². The Labute approximate surface area is 160 Å². The molecule has 0 fully saturated rings. The van der Waals surface area contributed by atoms with Crippen molar-refractivity contribution in [3.8, 4) is 0 Å². The number of rotatable bonds is 4. The van der Waals surface area contributed by atoms with Gasteiger partial charge in [-0.15, -0.1) is 0 Å². The second kappa shape index (κ2) is 6.80. The van der Waals surface area contributed by atoms with Crippen LogP contribution in [0.15, 0.2) is 30.5 Å². The number of benzene rings is 1. The number of fused-ring (bicyclic) bond motifs is 2. The van der Waals surface area contributed by atoms with Crippen molar-refractivity contribution in [3.63, 3.8) is 0 Å². The Morgan fingerprint density at radius 3 is 2.78 bits per heavy atom. The first-order valence-electron chi connectivity index (χ1n) is 9.69. The summed E-state index contributed by atoms with van der Waals surface area (Å²) < 4.78 is 1.96. The fourth-order valence-corrected chi connectivity index (χ4v) is 4.10. The van der Waals surface area contributed by atoms with Gasteiger partial charge in [-0.25, -0.2) is 9.67 Å². The van der Waals surface area contributed by atoms with Crippen LogP contribution in [0.4, 0.5) is 5.69 Å². The highest BCUT2D eigenvalue weighted by atomic mass is 16.2. The smallest absolute Gasteiger partial charge is 0.227 e. The van der Waals surface area contributed by atoms with Crippen molar-refractivity contribution in [2.75, 3.05) is 11.4 Å². The van der Waals surface area contributed by atoms with Gasteiger partial charge in [-0.1, -0.05) is 18.2 Å². The quantitative estimate of drug-likeness (QED) is 0.700. The zero-order chi connectivity index (χ0) is 19.1. The van der Waals surface area contributed by atoms with E-state index in [4.69, 9.17) is 4.98 Å². The van der Waals surface area contributed by atoms with E-state index in [-0.39, 0.29) is 11.9 Å². The van der Waals surface area contributed by atoms with Crippen LogP contribution in [0, 0.1) is 13.8 Å². The highest BCUT2D eigenvalue weighted by Gasteiger charge is 2.24. The average Bonchev–Trinajstić information content (AvgIpc) is 3.25. The van der Waals surface area contributed by atoms with E-state index in [2.05, 4.69) is 31.9 Å². The summed E-state index contributed by atoms with van der Waals surface area (Å²) in [5.41, 5.74) is 6.64. The molecule has 0 N–H and O–H groups in total. The number of anilines is 1. The highest BCUT2D eigenvalue weighted by molar-refractivity contribution is 5.95. The maximum absolute atomic E-state index is 12.9. The molecule has 140 valence electrons. The Kier molecular flexibility index (Phi) is 4.46. The number of para-hydroxylation sites is 1. The molecule has 3 aromatic rings. The van der Waals surface area contributed by atoms with E-state index in [1.165, 1.54) is 16.7 Å². The first-order valence-corrected chi connectivity index (χ1v) is 9.69. The van der Waals surface area contributed by atoms with Crippen molar-refractivity contribution in [2.45, 2.75) is 53.0 Å². The molecule has 0 atom stereocenters. The number of pyridine rings is 1. The summed E-state index contributed by atoms with van der Waals surface area (Å²) in [5.74, 6) is 0.191. The Morgan fingerprint density at radius 2 is 2.00 bits per heavy atom. The van der Waals surface area contributed by atoms with E-state index in [0.717, 1.165) is 35.4 Å². The van der Waals surface area contributed by atoms with E-state index in [9.17, 15) is 4.79 Å². The van der Waals surface area contributed by atoms with Gasteiger partial charge in [0.05, 0.1) is 6.20 Å². The number of aromatic nitrogens is 3. The number of amides is 1. The van der Waals surface area contributed by atoms with Gasteiger partial charge in [0.1, 0.15) is 0 Å². The Hall–Kier alpha value is -2.69. The molecule has 0 bridgehead atoms. The van der Waals surface area contributed by atoms with Crippen LogP contribution < -0.4 is 4.90 Å². The maximum Gasteiger partial charge on any atom is 0.227 e. The molecule has 2 aromatic heterocycles. The maximum atomic E-state index is 12.9. The second-order valence-electron chi connectivity index (χ2n) is 7.65. The fraction of sp³-hybridized carbons (Fsp3) is 0.409. The SMILES string of the molecule is Cc1nc2c(cnn2C(C)C)c(C)c1CCC(=O)N1CCc2ccccc21. The third kappa shape index (κ3) is 3.01. The molecular weight excluding hydrogens is 336 g/mol. The summed E-state index contributed by atoms with van der Waals surface area (Å²) >= 11 is 0. The van der Waals surface area contributed by atoms with E-state index in [1.807, 2.05) is 40.9 Å². The van der Waals surface area contributed by atoms with Gasteiger partial charge >= 0.3 is 0 Å². The minimum absolute atomic E-state index is 0.191. The minimum atomic E-state index is 0.191. The lowest BCUT2D eigenvalue weighted by Crippen LogP contribution is -2.29. The largest absolute Gasteiger partial charge is 0.312 e. The molecular formula is C22H26N4O. The van der Waals surface area contributed by atoms with E-state index in [0.29, 0.717) is 12.8 Å². The first-order chi connectivity index (χ1) is 13.0. The van der Waals surface area contributed by atoms with Gasteiger partial charge in [-0.2, -0.15) is 5.10 Å². The Balaban J connectivity index is 1.57. The number of carbonyl (C=O) groups is 1. The van der Waals surface area contributed by atoms with Crippen LogP contribution in [0.1, 0.15) is 48.7 Å². The molecule has 0 saturated heterocycles. The Bertz CT molecular complexity index is 1020. The fourth-order valence-electron chi connectivity index (χ4n) is 4.10. The summed E-state index contributed by atoms with van der Waals surface area (Å²) in [7, 11) is 0. The molecule has 4 rings (SSSR count). The van der Waals surface area contributed by atoms with Gasteiger partial charge in [-0.3, -0.25) is 4.79 Å². The lowest BCUT2D eigenvalue weighted by Gasteiger charge is -2.18. The minimum Gasteiger partial charge on any atom is -0.312 e. The predicted molar refractivity (Wildman–Crippen MR) is 108 cm³/mol. The van der Waals surface area contributed by atoms with Crippen LogP contribution in [-0.4, -0.2) is 27.2 Å². The van der Waals surface area contributed by atoms with Crippen molar-refractivity contribution in [1.82, 2.24) is 14.8 Å². The number of nitrogens with zero attached hydrogens (tertiary/aromatic N) is 4. The average molecular weight is 362 g/mol. The molecule has 0 radical (unpaired) electrons. The van der Waals surface area contributed by atoms with E-state index < -0.39 is 0 Å². The lowest BCUT2D eigenvalue weighted by atomic mass is 10.00. The molecule has 3 heterocycles. The van der Waals surface area contributed by atoms with Crippen LogP contribution in [0.2, 0.25) is 0 Å². The number of carbonyl (C=O) groups excluding carboxylic acids is 1. The zero-order valence-corrected chi connectivity index (χ0v) is 16.5. The highest BCUT2D eigenvalue weighted by Crippen LogP contribution is 2.29. The summed E-state index contributed by atoms with van der Waals surface area (Å²) in [6.45, 7) is 9.16. The van der Waals surface area contributed by atoms with Crippen LogP contribution in [0.5, 0.6) is 0 Å². The van der Waals surface area contributed by atoms with E-state index >= 15 is 0 Å². The molecule has 0 spiro atoms. The first kappa shape index (κ1) is 17.7. The van der Waals surface area contributed by atoms with Crippen LogP contribution in [-0.2, 0) is 17.6 Å². The third-order valence-electron chi connectivity index (χ3n) is 5.60. The van der Waals surface area contributed by atoms with Gasteiger partial charge in [0, 0.05) is 35.8 Å². The summed E-state index contributed by atoms with van der Waals surface area (Å²) in [6.07, 6.45) is 4.06. The molecule has 1 amide bonds. The number of aryl methyl sites for hydroxylation is 2. The third-order valence-corrected chi connectivity index (χ3v) is 5.60. The van der Waals surface area contributed by atoms with Gasteiger partial charge in [0.15, 0.2) is 5.65 Å². The predicted octanol–water partition coefficient (Wildman–Crippen LogP) is 4.15. The van der Waals surface area contributed by atoms with Gasteiger partial charge < -0.3 is 4.90 Å². The van der Waals surface area contributed by atoms with Crippen molar-refractivity contribution < 1.29 is 4.79 Å².